The van der Waals surface area contributed by atoms with E-state index in [1.807, 2.05) is 0 Å². The molecule has 0 aliphatic rings. The van der Waals surface area contributed by atoms with E-state index in [1.54, 1.807) is 0 Å². The maximum Gasteiger partial charge on any atom is 0.364 e. The van der Waals surface area contributed by atoms with E-state index in [9.17, 15) is 14.7 Å². The Bertz CT molecular complexity index is 714. The van der Waals surface area contributed by atoms with Crippen molar-refractivity contribution in [2.24, 2.45) is 5.10 Å². The summed E-state index contributed by atoms with van der Waals surface area (Å²) in [5.74, 6) is -1.11. The highest BCUT2D eigenvalue weighted by atomic mass is 16.3. The van der Waals surface area contributed by atoms with Crippen LogP contribution in [0, 0.1) is 0 Å². The van der Waals surface area contributed by atoms with Crippen molar-refractivity contribution >= 4 is 12.0 Å². The fourth-order valence-corrected chi connectivity index (χ4v) is 1.37. The molecule has 0 saturated heterocycles. The molecule has 0 aliphatic carbocycles. The Morgan fingerprint density at radius 2 is 2.16 bits per heavy atom. The predicted molar refractivity (Wildman–Crippen MR) is 65.6 cm³/mol. The van der Waals surface area contributed by atoms with Crippen molar-refractivity contribution < 1.29 is 15.0 Å². The Kier molecular flexibility index (Phi) is 3.15. The van der Waals surface area contributed by atoms with E-state index in [0.29, 0.717) is 5.56 Å². The van der Waals surface area contributed by atoms with Gasteiger partial charge in [0.2, 0.25) is 5.82 Å². The van der Waals surface area contributed by atoms with E-state index in [4.69, 9.17) is 5.11 Å². The normalized spacial score (nSPS) is 11.0. The smallest absolute Gasteiger partial charge is 0.364 e. The van der Waals surface area contributed by atoms with Gasteiger partial charge in [0.1, 0.15) is 0 Å². The third kappa shape index (κ3) is 2.51. The fourth-order valence-electron chi connectivity index (χ4n) is 1.37. The summed E-state index contributed by atoms with van der Waals surface area (Å²) in [7, 11) is 0. The first kappa shape index (κ1) is 12.6. The van der Waals surface area contributed by atoms with Gasteiger partial charge in [-0.15, -0.1) is 5.10 Å². The monoisotopic (exact) mass is 262 g/mol. The van der Waals surface area contributed by atoms with Crippen LogP contribution < -0.4 is 5.69 Å². The van der Waals surface area contributed by atoms with E-state index in [-0.39, 0.29) is 17.3 Å². The Morgan fingerprint density at radius 3 is 2.79 bits per heavy atom. The molecule has 98 valence electrons. The molecule has 2 rings (SSSR count). The van der Waals surface area contributed by atoms with Crippen LogP contribution in [0.3, 0.4) is 0 Å². The Balaban J connectivity index is 2.37. The summed E-state index contributed by atoms with van der Waals surface area (Å²) >= 11 is 0. The maximum atomic E-state index is 11.4. The second kappa shape index (κ2) is 4.77. The molecule has 3 N–H and O–H groups in total. The lowest BCUT2D eigenvalue weighted by molar-refractivity contribution is 0.1000. The van der Waals surface area contributed by atoms with E-state index in [1.165, 1.54) is 31.3 Å². The van der Waals surface area contributed by atoms with Gasteiger partial charge >= 0.3 is 5.69 Å². The molecule has 0 unspecified atom stereocenters. The number of carbonyl (C=O) groups is 1. The molecule has 0 fully saturated rings. The minimum Gasteiger partial charge on any atom is -0.504 e. The number of rotatable bonds is 3. The van der Waals surface area contributed by atoms with Crippen molar-refractivity contribution in [3.05, 3.63) is 40.1 Å². The van der Waals surface area contributed by atoms with Crippen molar-refractivity contribution in [1.82, 2.24) is 14.9 Å². The number of aromatic nitrogens is 3. The minimum atomic E-state index is -0.649. The molecular formula is C11H10N4O4. The van der Waals surface area contributed by atoms with Crippen molar-refractivity contribution in [3.8, 4) is 11.5 Å². The maximum absolute atomic E-state index is 11.4. The van der Waals surface area contributed by atoms with Crippen molar-refractivity contribution in [2.45, 2.75) is 6.92 Å². The first-order valence-corrected chi connectivity index (χ1v) is 5.23. The molecule has 0 aliphatic heterocycles. The Hall–Kier alpha value is -2.90. The topological polar surface area (TPSA) is 121 Å². The van der Waals surface area contributed by atoms with Gasteiger partial charge in [-0.1, -0.05) is 0 Å². The number of nitrogens with one attached hydrogen (secondary N) is 1. The largest absolute Gasteiger partial charge is 0.504 e. The SMILES string of the molecule is CC(=O)c1n[nH]c(=O)n1/N=C/c1ccc(O)c(O)c1. The number of hydrogen-bond donors (Lipinski definition) is 3. The number of ketones is 1. The highest BCUT2D eigenvalue weighted by Gasteiger charge is 2.11. The molecule has 2 aromatic rings. The first-order chi connectivity index (χ1) is 8.99. The first-order valence-electron chi connectivity index (χ1n) is 5.23. The Morgan fingerprint density at radius 1 is 1.42 bits per heavy atom. The molecule has 8 heteroatoms. The summed E-state index contributed by atoms with van der Waals surface area (Å²) in [5.41, 5.74) is -0.206. The average molecular weight is 262 g/mol. The zero-order chi connectivity index (χ0) is 14.0. The van der Waals surface area contributed by atoms with Gasteiger partial charge in [0, 0.05) is 6.92 Å². The summed E-state index contributed by atoms with van der Waals surface area (Å²) in [6.45, 7) is 1.26. The zero-order valence-electron chi connectivity index (χ0n) is 9.86. The molecular weight excluding hydrogens is 252 g/mol. The molecule has 0 saturated carbocycles. The van der Waals surface area contributed by atoms with Gasteiger partial charge in [-0.05, 0) is 23.8 Å². The number of carbonyl (C=O) groups excluding carboxylic acids is 1. The van der Waals surface area contributed by atoms with Gasteiger partial charge in [-0.2, -0.15) is 9.78 Å². The molecule has 0 radical (unpaired) electrons. The lowest BCUT2D eigenvalue weighted by Gasteiger charge is -1.98. The van der Waals surface area contributed by atoms with E-state index in [0.717, 1.165) is 4.68 Å². The number of nitrogens with zero attached hydrogens (tertiary/aromatic N) is 3. The number of H-pyrrole nitrogens is 1. The number of Topliss-reactive ketones (excluding diaryl/α,β-unsaturated/α-hetero) is 1. The quantitative estimate of drug-likeness (QED) is 0.410. The molecule has 1 aromatic heterocycles. The number of aromatic amines is 1. The summed E-state index contributed by atoms with van der Waals surface area (Å²) in [4.78, 5) is 22.6. The summed E-state index contributed by atoms with van der Waals surface area (Å²) in [6.07, 6.45) is 1.25. The molecule has 1 heterocycles. The molecule has 0 atom stereocenters. The second-order valence-electron chi connectivity index (χ2n) is 3.71. The molecule has 0 spiro atoms. The average Bonchev–Trinajstić information content (AvgIpc) is 2.72. The molecule has 0 amide bonds. The van der Waals surface area contributed by atoms with Crippen LogP contribution in [-0.4, -0.2) is 37.1 Å². The number of aromatic hydroxyl groups is 2. The van der Waals surface area contributed by atoms with Gasteiger partial charge in [-0.25, -0.2) is 9.89 Å². The summed E-state index contributed by atoms with van der Waals surface area (Å²) < 4.78 is 0.812. The van der Waals surface area contributed by atoms with Gasteiger partial charge in [0.05, 0.1) is 6.21 Å². The van der Waals surface area contributed by atoms with Gasteiger partial charge in [0.25, 0.3) is 0 Å². The van der Waals surface area contributed by atoms with Crippen LogP contribution in [0.15, 0.2) is 28.1 Å². The van der Waals surface area contributed by atoms with E-state index in [2.05, 4.69) is 15.3 Å². The number of phenols is 2. The predicted octanol–water partition coefficient (Wildman–Crippen LogP) is 0.0674. The molecule has 19 heavy (non-hydrogen) atoms. The highest BCUT2D eigenvalue weighted by molar-refractivity contribution is 5.90. The molecule has 8 nitrogen and oxygen atoms in total. The number of hydrogen-bond acceptors (Lipinski definition) is 6. The molecule has 1 aromatic carbocycles. The summed E-state index contributed by atoms with van der Waals surface area (Å²) in [6, 6.07) is 4.02. The highest BCUT2D eigenvalue weighted by Crippen LogP contribution is 2.23. The van der Waals surface area contributed by atoms with Crippen molar-refractivity contribution in [3.63, 3.8) is 0 Å². The van der Waals surface area contributed by atoms with Crippen molar-refractivity contribution in [1.29, 1.82) is 0 Å². The van der Waals surface area contributed by atoms with E-state index < -0.39 is 11.5 Å². The number of phenolic OH excluding ortho intramolecular Hbond substituents is 2. The van der Waals surface area contributed by atoms with Crippen LogP contribution in [-0.2, 0) is 0 Å². The third-order valence-corrected chi connectivity index (χ3v) is 2.29. The second-order valence-corrected chi connectivity index (χ2v) is 3.71. The lowest BCUT2D eigenvalue weighted by Crippen LogP contribution is -2.16. The van der Waals surface area contributed by atoms with Crippen molar-refractivity contribution in [2.75, 3.05) is 0 Å². The van der Waals surface area contributed by atoms with Crippen LogP contribution in [0.5, 0.6) is 11.5 Å². The minimum absolute atomic E-state index is 0.121. The lowest BCUT2D eigenvalue weighted by atomic mass is 10.2. The van der Waals surface area contributed by atoms with E-state index >= 15 is 0 Å². The van der Waals surface area contributed by atoms with Gasteiger partial charge in [-0.3, -0.25) is 4.79 Å². The van der Waals surface area contributed by atoms with Gasteiger partial charge in [0.15, 0.2) is 17.3 Å². The van der Waals surface area contributed by atoms with Crippen LogP contribution in [0.1, 0.15) is 23.1 Å². The Labute approximate surface area is 106 Å². The van der Waals surface area contributed by atoms with Crippen LogP contribution in [0.25, 0.3) is 0 Å². The molecule has 0 bridgehead atoms. The summed E-state index contributed by atoms with van der Waals surface area (Å²) in [5, 5.41) is 27.9. The van der Waals surface area contributed by atoms with Crippen LogP contribution in [0.4, 0.5) is 0 Å². The fraction of sp³-hybridized carbons (Fsp3) is 0.0909. The standard InChI is InChI=1S/C11H10N4O4/c1-6(16)10-13-14-11(19)15(10)12-5-7-2-3-8(17)9(18)4-7/h2-5,17-18H,1H3,(H,14,19)/b12-5+. The third-order valence-electron chi connectivity index (χ3n) is 2.29. The zero-order valence-corrected chi connectivity index (χ0v) is 9.86. The van der Waals surface area contributed by atoms with Crippen LogP contribution >= 0.6 is 0 Å². The van der Waals surface area contributed by atoms with Gasteiger partial charge < -0.3 is 10.2 Å². The van der Waals surface area contributed by atoms with Crippen LogP contribution in [0.2, 0.25) is 0 Å². The number of benzene rings is 1.